The van der Waals surface area contributed by atoms with Crippen LogP contribution in [0.5, 0.6) is 0 Å². The quantitative estimate of drug-likeness (QED) is 0.144. The van der Waals surface area contributed by atoms with Crippen LogP contribution in [0.3, 0.4) is 0 Å². The van der Waals surface area contributed by atoms with Crippen molar-refractivity contribution in [1.29, 1.82) is 0 Å². The van der Waals surface area contributed by atoms with Crippen molar-refractivity contribution in [2.45, 2.75) is 47.0 Å². The Labute approximate surface area is 316 Å². The fraction of sp³-hybridized carbons (Fsp3) is 0.163. The minimum absolute atomic E-state index is 0.105. The molecule has 268 valence electrons. The third-order valence-electron chi connectivity index (χ3n) is 8.94. The third kappa shape index (κ3) is 8.52. The molecule has 2 N–H and O–H groups in total. The lowest BCUT2D eigenvalue weighted by molar-refractivity contribution is 0.0988. The molecule has 0 aliphatic carbocycles. The van der Waals surface area contributed by atoms with Gasteiger partial charge in [0.15, 0.2) is 22.4 Å². The molecule has 0 unspecified atom stereocenters. The van der Waals surface area contributed by atoms with Gasteiger partial charge in [-0.3, -0.25) is 19.2 Å². The van der Waals surface area contributed by atoms with Crippen molar-refractivity contribution in [3.8, 4) is 22.6 Å². The van der Waals surface area contributed by atoms with Crippen LogP contribution in [0.2, 0.25) is 10.0 Å². The molecular weight excluding hydrogens is 711 g/mol. The van der Waals surface area contributed by atoms with E-state index in [1.807, 2.05) is 39.8 Å². The largest absolute Gasteiger partial charge is 0.451 e. The van der Waals surface area contributed by atoms with Crippen LogP contribution in [0, 0.1) is 13.8 Å². The maximum atomic E-state index is 13.5. The summed E-state index contributed by atoms with van der Waals surface area (Å²) in [6, 6.07) is 26.7. The van der Waals surface area contributed by atoms with Gasteiger partial charge in [0, 0.05) is 56.8 Å². The minimum atomic E-state index is -0.537. The second-order valence-corrected chi connectivity index (χ2v) is 13.6. The number of amides is 2. The average molecular weight is 748 g/mol. The van der Waals surface area contributed by atoms with Crippen LogP contribution in [0.25, 0.3) is 22.6 Å². The maximum Gasteiger partial charge on any atom is 0.291 e. The van der Waals surface area contributed by atoms with E-state index in [2.05, 4.69) is 22.8 Å². The van der Waals surface area contributed by atoms with Crippen LogP contribution in [-0.2, 0) is 19.3 Å². The molecule has 0 fully saturated rings. The Balaban J connectivity index is 1.25. The average Bonchev–Trinajstić information content (AvgIpc) is 3.14. The summed E-state index contributed by atoms with van der Waals surface area (Å²) in [6.07, 6.45) is 1.83. The van der Waals surface area contributed by atoms with E-state index in [0.29, 0.717) is 51.8 Å². The Morgan fingerprint density at radius 2 is 1.09 bits per heavy atom. The van der Waals surface area contributed by atoms with Crippen LogP contribution < -0.4 is 21.5 Å². The lowest BCUT2D eigenvalue weighted by Crippen LogP contribution is -2.17. The van der Waals surface area contributed by atoms with Gasteiger partial charge in [0.2, 0.25) is 0 Å². The topological polar surface area (TPSA) is 119 Å². The molecule has 0 saturated carbocycles. The molecule has 0 radical (unpaired) electrons. The standard InChI is InChI=1S/C43H36Cl2N2O6/c1-5-27-18-26(17-25(4)40(27)46-42(50)38-22-33(48)20-36(52-38)28-9-13-31(44)14-10-28)19-30-8-7-24(3)41(35(30)6-2)47-43(51)39-23-34(49)21-37(53-39)29-11-15-32(45)16-12-29/h7-18,20-23H,5-6,19H2,1-4H3,(H,46,50)(H,47,51). The summed E-state index contributed by atoms with van der Waals surface area (Å²) in [7, 11) is 0. The molecule has 0 spiro atoms. The zero-order valence-corrected chi connectivity index (χ0v) is 31.1. The van der Waals surface area contributed by atoms with Gasteiger partial charge in [-0.2, -0.15) is 0 Å². The van der Waals surface area contributed by atoms with Gasteiger partial charge in [-0.1, -0.05) is 61.3 Å². The van der Waals surface area contributed by atoms with Gasteiger partial charge in [0.25, 0.3) is 11.8 Å². The van der Waals surface area contributed by atoms with Crippen LogP contribution in [0.1, 0.15) is 68.3 Å². The number of halogens is 2. The predicted molar refractivity (Wildman–Crippen MR) is 211 cm³/mol. The van der Waals surface area contributed by atoms with E-state index in [0.717, 1.165) is 33.4 Å². The molecular formula is C43H36Cl2N2O6. The van der Waals surface area contributed by atoms with Crippen molar-refractivity contribution in [1.82, 2.24) is 0 Å². The van der Waals surface area contributed by atoms with Crippen LogP contribution in [0.15, 0.2) is 115 Å². The lowest BCUT2D eigenvalue weighted by atomic mass is 9.92. The van der Waals surface area contributed by atoms with Crippen LogP contribution >= 0.6 is 23.2 Å². The van der Waals surface area contributed by atoms with Gasteiger partial charge >= 0.3 is 0 Å². The van der Waals surface area contributed by atoms with Gasteiger partial charge in [0.05, 0.1) is 0 Å². The number of rotatable bonds is 10. The molecule has 0 aliphatic rings. The van der Waals surface area contributed by atoms with Gasteiger partial charge in [-0.15, -0.1) is 0 Å². The summed E-state index contributed by atoms with van der Waals surface area (Å²) in [6.45, 7) is 7.87. The van der Waals surface area contributed by atoms with E-state index in [1.54, 1.807) is 48.5 Å². The molecule has 6 aromatic rings. The molecule has 0 bridgehead atoms. The highest BCUT2D eigenvalue weighted by Gasteiger charge is 2.20. The summed E-state index contributed by atoms with van der Waals surface area (Å²) in [5.74, 6) is -0.759. The summed E-state index contributed by atoms with van der Waals surface area (Å²) in [5.41, 5.74) is 7.46. The molecule has 8 nitrogen and oxygen atoms in total. The molecule has 53 heavy (non-hydrogen) atoms. The Kier molecular flexibility index (Phi) is 11.1. The summed E-state index contributed by atoms with van der Waals surface area (Å²) in [4.78, 5) is 52.1. The first kappa shape index (κ1) is 37.1. The number of hydrogen-bond acceptors (Lipinski definition) is 6. The number of aryl methyl sites for hydroxylation is 3. The molecule has 6 rings (SSSR count). The number of carbonyl (C=O) groups is 2. The van der Waals surface area contributed by atoms with Crippen molar-refractivity contribution in [2.75, 3.05) is 10.6 Å². The number of hydrogen-bond donors (Lipinski definition) is 2. The first-order valence-corrected chi connectivity index (χ1v) is 17.9. The molecule has 2 aromatic heterocycles. The second-order valence-electron chi connectivity index (χ2n) is 12.7. The van der Waals surface area contributed by atoms with E-state index in [1.165, 1.54) is 24.3 Å². The van der Waals surface area contributed by atoms with Crippen molar-refractivity contribution >= 4 is 46.4 Å². The van der Waals surface area contributed by atoms with Crippen LogP contribution in [0.4, 0.5) is 11.4 Å². The molecule has 4 aromatic carbocycles. The second kappa shape index (κ2) is 15.9. The van der Waals surface area contributed by atoms with E-state index in [4.69, 9.17) is 32.0 Å². The lowest BCUT2D eigenvalue weighted by Gasteiger charge is -2.19. The minimum Gasteiger partial charge on any atom is -0.451 e. The fourth-order valence-electron chi connectivity index (χ4n) is 6.31. The highest BCUT2D eigenvalue weighted by molar-refractivity contribution is 6.31. The Hall–Kier alpha value is -5.70. The monoisotopic (exact) mass is 746 g/mol. The normalized spacial score (nSPS) is 11.0. The van der Waals surface area contributed by atoms with Gasteiger partial charge in [-0.25, -0.2) is 0 Å². The first-order valence-electron chi connectivity index (χ1n) is 17.1. The highest BCUT2D eigenvalue weighted by atomic mass is 35.5. The van der Waals surface area contributed by atoms with Crippen molar-refractivity contribution < 1.29 is 18.4 Å². The number of nitrogens with one attached hydrogen (secondary N) is 2. The van der Waals surface area contributed by atoms with Gasteiger partial charge < -0.3 is 19.5 Å². The summed E-state index contributed by atoms with van der Waals surface area (Å²) >= 11 is 12.0. The third-order valence-corrected chi connectivity index (χ3v) is 9.44. The molecule has 2 amide bonds. The zero-order chi connectivity index (χ0) is 37.8. The van der Waals surface area contributed by atoms with E-state index >= 15 is 0 Å². The van der Waals surface area contributed by atoms with Gasteiger partial charge in [0.1, 0.15) is 11.5 Å². The molecule has 0 saturated heterocycles. The smallest absolute Gasteiger partial charge is 0.291 e. The fourth-order valence-corrected chi connectivity index (χ4v) is 6.57. The van der Waals surface area contributed by atoms with Crippen molar-refractivity contribution in [3.63, 3.8) is 0 Å². The number of benzene rings is 4. The van der Waals surface area contributed by atoms with E-state index in [9.17, 15) is 19.2 Å². The van der Waals surface area contributed by atoms with Gasteiger partial charge in [-0.05, 0) is 115 Å². The predicted octanol–water partition coefficient (Wildman–Crippen LogP) is 10.1. The summed E-state index contributed by atoms with van der Waals surface area (Å²) in [5, 5.41) is 7.07. The number of anilines is 2. The molecule has 10 heteroatoms. The highest BCUT2D eigenvalue weighted by Crippen LogP contribution is 2.31. The molecule has 0 atom stereocenters. The number of carbonyl (C=O) groups excluding carboxylic acids is 2. The van der Waals surface area contributed by atoms with Crippen molar-refractivity contribution in [3.05, 3.63) is 172 Å². The maximum absolute atomic E-state index is 13.5. The Bertz CT molecular complexity index is 2470. The van der Waals surface area contributed by atoms with Crippen LogP contribution in [-0.4, -0.2) is 11.8 Å². The van der Waals surface area contributed by atoms with E-state index in [-0.39, 0.29) is 33.9 Å². The Morgan fingerprint density at radius 3 is 1.58 bits per heavy atom. The first-order chi connectivity index (χ1) is 25.4. The van der Waals surface area contributed by atoms with Crippen molar-refractivity contribution in [2.24, 2.45) is 0 Å². The molecule has 2 heterocycles. The zero-order valence-electron chi connectivity index (χ0n) is 29.6. The van der Waals surface area contributed by atoms with E-state index < -0.39 is 11.8 Å². The Morgan fingerprint density at radius 1 is 0.585 bits per heavy atom. The SMILES string of the molecule is CCc1cc(Cc2ccc(C)c(NC(=O)c3cc(=O)cc(-c4ccc(Cl)cc4)o3)c2CC)cc(C)c1NC(=O)c1cc(=O)cc(-c2ccc(Cl)cc2)o1. The molecule has 0 aliphatic heterocycles. The summed E-state index contributed by atoms with van der Waals surface area (Å²) < 4.78 is 11.7.